The third-order valence-corrected chi connectivity index (χ3v) is 4.26. The third-order valence-electron chi connectivity index (χ3n) is 3.97. The highest BCUT2D eigenvalue weighted by molar-refractivity contribution is 6.17. The lowest BCUT2D eigenvalue weighted by atomic mass is 10.1. The number of aromatic nitrogens is 1. The van der Waals surface area contributed by atoms with Crippen LogP contribution in [0.3, 0.4) is 0 Å². The van der Waals surface area contributed by atoms with E-state index in [9.17, 15) is 0 Å². The van der Waals surface area contributed by atoms with Crippen LogP contribution in [-0.2, 0) is 5.88 Å². The monoisotopic (exact) mass is 288 g/mol. The third kappa shape index (κ3) is 2.76. The molecular weight excluding hydrogens is 268 g/mol. The van der Waals surface area contributed by atoms with Gasteiger partial charge in [-0.05, 0) is 44.7 Å². The summed E-state index contributed by atoms with van der Waals surface area (Å²) in [6.45, 7) is 5.57. The molecule has 1 fully saturated rings. The van der Waals surface area contributed by atoms with Crippen molar-refractivity contribution in [2.24, 2.45) is 5.92 Å². The van der Waals surface area contributed by atoms with Crippen molar-refractivity contribution in [3.8, 4) is 0 Å². The van der Waals surface area contributed by atoms with Crippen molar-refractivity contribution >= 4 is 28.3 Å². The van der Waals surface area contributed by atoms with Gasteiger partial charge in [-0.1, -0.05) is 18.2 Å². The Bertz CT molecular complexity index is 605. The number of para-hydroxylation sites is 1. The lowest BCUT2D eigenvalue weighted by Crippen LogP contribution is -2.34. The van der Waals surface area contributed by atoms with Crippen molar-refractivity contribution in [3.05, 3.63) is 35.9 Å². The predicted molar refractivity (Wildman–Crippen MR) is 86.5 cm³/mol. The average molecular weight is 289 g/mol. The van der Waals surface area contributed by atoms with Gasteiger partial charge in [0.15, 0.2) is 0 Å². The molecule has 0 N–H and O–H groups in total. The highest BCUT2D eigenvalue weighted by atomic mass is 35.5. The van der Waals surface area contributed by atoms with Gasteiger partial charge in [0.05, 0.1) is 11.4 Å². The van der Waals surface area contributed by atoms with E-state index in [1.807, 2.05) is 12.1 Å². The van der Waals surface area contributed by atoms with E-state index in [2.05, 4.69) is 36.9 Å². The van der Waals surface area contributed by atoms with E-state index in [4.69, 9.17) is 16.6 Å². The van der Waals surface area contributed by atoms with E-state index >= 15 is 0 Å². The number of hydrogen-bond acceptors (Lipinski definition) is 2. The smallest absolute Gasteiger partial charge is 0.133 e. The molecule has 0 amide bonds. The fraction of sp³-hybridized carbons (Fsp3) is 0.471. The molecule has 20 heavy (non-hydrogen) atoms. The minimum absolute atomic E-state index is 0.450. The Morgan fingerprint density at radius 1 is 1.30 bits per heavy atom. The topological polar surface area (TPSA) is 16.1 Å². The Hall–Kier alpha value is -1.28. The molecule has 1 saturated carbocycles. The van der Waals surface area contributed by atoms with E-state index in [1.165, 1.54) is 18.2 Å². The van der Waals surface area contributed by atoms with Crippen LogP contribution in [0, 0.1) is 5.92 Å². The molecule has 1 aromatic heterocycles. The standard InChI is InChI=1S/C17H21ClN2/c1-12(2)20(11-13-7-8-13)17-15(10-18)9-14-5-3-4-6-16(14)19-17/h3-6,9,12-13H,7-8,10-11H2,1-2H3. The Kier molecular flexibility index (Phi) is 3.84. The second-order valence-electron chi connectivity index (χ2n) is 5.99. The number of anilines is 1. The molecule has 0 radical (unpaired) electrons. The first-order valence-corrected chi connectivity index (χ1v) is 7.93. The summed E-state index contributed by atoms with van der Waals surface area (Å²) in [4.78, 5) is 7.31. The number of halogens is 1. The maximum absolute atomic E-state index is 6.17. The van der Waals surface area contributed by atoms with Crippen molar-refractivity contribution < 1.29 is 0 Å². The van der Waals surface area contributed by atoms with Crippen LogP contribution in [0.2, 0.25) is 0 Å². The van der Waals surface area contributed by atoms with Gasteiger partial charge in [0.2, 0.25) is 0 Å². The molecule has 1 aliphatic rings. The molecular formula is C17H21ClN2. The molecule has 2 aromatic rings. The summed E-state index contributed by atoms with van der Waals surface area (Å²) in [5, 5.41) is 1.17. The van der Waals surface area contributed by atoms with Gasteiger partial charge in [0.25, 0.3) is 0 Å². The predicted octanol–water partition coefficient (Wildman–Crippen LogP) is 4.60. The summed E-state index contributed by atoms with van der Waals surface area (Å²) < 4.78 is 0. The van der Waals surface area contributed by atoms with E-state index in [-0.39, 0.29) is 0 Å². The largest absolute Gasteiger partial charge is 0.354 e. The number of rotatable bonds is 5. The average Bonchev–Trinajstić information content (AvgIpc) is 3.27. The molecule has 0 bridgehead atoms. The zero-order valence-electron chi connectivity index (χ0n) is 12.1. The van der Waals surface area contributed by atoms with E-state index in [1.54, 1.807) is 0 Å². The van der Waals surface area contributed by atoms with E-state index in [0.29, 0.717) is 11.9 Å². The lowest BCUT2D eigenvalue weighted by Gasteiger charge is -2.30. The zero-order valence-corrected chi connectivity index (χ0v) is 12.9. The molecule has 1 aromatic carbocycles. The number of pyridine rings is 1. The maximum Gasteiger partial charge on any atom is 0.133 e. The first-order chi connectivity index (χ1) is 9.69. The number of benzene rings is 1. The fourth-order valence-corrected chi connectivity index (χ4v) is 2.81. The molecule has 3 heteroatoms. The number of fused-ring (bicyclic) bond motifs is 1. The summed E-state index contributed by atoms with van der Waals surface area (Å²) in [5.74, 6) is 2.43. The van der Waals surface area contributed by atoms with Crippen LogP contribution in [0.25, 0.3) is 10.9 Å². The Morgan fingerprint density at radius 2 is 2.05 bits per heavy atom. The van der Waals surface area contributed by atoms with Gasteiger partial charge < -0.3 is 4.90 Å². The maximum atomic E-state index is 6.17. The molecule has 1 aliphatic carbocycles. The number of nitrogens with zero attached hydrogens (tertiary/aromatic N) is 2. The summed E-state index contributed by atoms with van der Waals surface area (Å²) in [5.41, 5.74) is 2.19. The zero-order chi connectivity index (χ0) is 14.1. The Labute approximate surface area is 125 Å². The van der Waals surface area contributed by atoms with Crippen molar-refractivity contribution in [1.29, 1.82) is 0 Å². The van der Waals surface area contributed by atoms with Gasteiger partial charge in [-0.15, -0.1) is 11.6 Å². The van der Waals surface area contributed by atoms with Crippen molar-refractivity contribution in [2.75, 3.05) is 11.4 Å². The number of alkyl halides is 1. The van der Waals surface area contributed by atoms with Crippen LogP contribution >= 0.6 is 11.6 Å². The van der Waals surface area contributed by atoms with Gasteiger partial charge in [0.1, 0.15) is 5.82 Å². The second-order valence-corrected chi connectivity index (χ2v) is 6.25. The molecule has 1 heterocycles. The Morgan fingerprint density at radius 3 is 2.70 bits per heavy atom. The molecule has 0 aliphatic heterocycles. The van der Waals surface area contributed by atoms with Gasteiger partial charge in [-0.3, -0.25) is 0 Å². The summed E-state index contributed by atoms with van der Waals surface area (Å²) >= 11 is 6.17. The quantitative estimate of drug-likeness (QED) is 0.748. The highest BCUT2D eigenvalue weighted by Crippen LogP contribution is 2.34. The first-order valence-electron chi connectivity index (χ1n) is 7.40. The minimum atomic E-state index is 0.450. The van der Waals surface area contributed by atoms with Crippen LogP contribution in [0.4, 0.5) is 5.82 Å². The van der Waals surface area contributed by atoms with E-state index < -0.39 is 0 Å². The van der Waals surface area contributed by atoms with Crippen molar-refractivity contribution in [1.82, 2.24) is 4.98 Å². The van der Waals surface area contributed by atoms with Gasteiger partial charge in [-0.2, -0.15) is 0 Å². The Balaban J connectivity index is 2.06. The van der Waals surface area contributed by atoms with Gasteiger partial charge in [-0.25, -0.2) is 4.98 Å². The molecule has 2 nitrogen and oxygen atoms in total. The lowest BCUT2D eigenvalue weighted by molar-refractivity contribution is 0.636. The van der Waals surface area contributed by atoms with Crippen LogP contribution in [0.1, 0.15) is 32.3 Å². The second kappa shape index (κ2) is 5.61. The molecule has 0 saturated heterocycles. The SMILES string of the molecule is CC(C)N(CC1CC1)c1nc2ccccc2cc1CCl. The van der Waals surface area contributed by atoms with Gasteiger partial charge >= 0.3 is 0 Å². The van der Waals surface area contributed by atoms with Gasteiger partial charge in [0, 0.05) is 23.5 Å². The molecule has 106 valence electrons. The molecule has 0 spiro atoms. The molecule has 0 unspecified atom stereocenters. The first kappa shape index (κ1) is 13.7. The minimum Gasteiger partial charge on any atom is -0.354 e. The van der Waals surface area contributed by atoms with Crippen LogP contribution in [-0.4, -0.2) is 17.6 Å². The van der Waals surface area contributed by atoms with Crippen LogP contribution < -0.4 is 4.90 Å². The summed E-state index contributed by atoms with van der Waals surface area (Å²) in [6.07, 6.45) is 2.71. The highest BCUT2D eigenvalue weighted by Gasteiger charge is 2.27. The summed E-state index contributed by atoms with van der Waals surface area (Å²) in [7, 11) is 0. The molecule has 3 rings (SSSR count). The van der Waals surface area contributed by atoms with Crippen LogP contribution in [0.15, 0.2) is 30.3 Å². The molecule has 0 atom stereocenters. The number of hydrogen-bond donors (Lipinski definition) is 0. The van der Waals surface area contributed by atoms with E-state index in [0.717, 1.165) is 29.4 Å². The normalized spacial score (nSPS) is 15.0. The fourth-order valence-electron chi connectivity index (χ4n) is 2.62. The van der Waals surface area contributed by atoms with Crippen molar-refractivity contribution in [3.63, 3.8) is 0 Å². The van der Waals surface area contributed by atoms with Crippen molar-refractivity contribution in [2.45, 2.75) is 38.6 Å². The summed E-state index contributed by atoms with van der Waals surface area (Å²) in [6, 6.07) is 10.9. The van der Waals surface area contributed by atoms with Crippen LogP contribution in [0.5, 0.6) is 0 Å².